The van der Waals surface area contributed by atoms with Crippen LogP contribution in [0.4, 0.5) is 0 Å². The maximum absolute atomic E-state index is 10.6. The van der Waals surface area contributed by atoms with Crippen molar-refractivity contribution in [3.63, 3.8) is 0 Å². The Morgan fingerprint density at radius 1 is 1.71 bits per heavy atom. The number of rotatable bonds is 2. The molecule has 1 aliphatic heterocycles. The minimum atomic E-state index is -1.09. The Labute approximate surface area is 85.9 Å². The predicted octanol–water partition coefficient (Wildman–Crippen LogP) is 1.47. The Kier molecular flexibility index (Phi) is 2.39. The van der Waals surface area contributed by atoms with Crippen LogP contribution in [0.3, 0.4) is 0 Å². The first-order chi connectivity index (χ1) is 6.68. The molecule has 2 rings (SSSR count). The highest BCUT2D eigenvalue weighted by Crippen LogP contribution is 2.25. The summed E-state index contributed by atoms with van der Waals surface area (Å²) in [7, 11) is 0. The Hall–Kier alpha value is -1.13. The van der Waals surface area contributed by atoms with Gasteiger partial charge in [0, 0.05) is 12.2 Å². The Morgan fingerprint density at radius 3 is 2.86 bits per heavy atom. The van der Waals surface area contributed by atoms with Gasteiger partial charge in [0.15, 0.2) is 5.69 Å². The minimum absolute atomic E-state index is 0.0882. The smallest absolute Gasteiger partial charge is 0.356 e. The number of pyridine rings is 1. The molecule has 0 radical (unpaired) electrons. The molecule has 5 heteroatoms. The highest BCUT2D eigenvalue weighted by Gasteiger charge is 2.20. The molecule has 0 saturated carbocycles. The normalized spacial score (nSPS) is 20.2. The lowest BCUT2D eigenvalue weighted by Crippen LogP contribution is -2.35. The zero-order chi connectivity index (χ0) is 10.1. The van der Waals surface area contributed by atoms with E-state index in [0.717, 1.165) is 18.5 Å². The molecule has 1 fully saturated rings. The van der Waals surface area contributed by atoms with Gasteiger partial charge < -0.3 is 10.4 Å². The fourth-order valence-electron chi connectivity index (χ4n) is 1.37. The summed E-state index contributed by atoms with van der Waals surface area (Å²) in [5.41, 5.74) is 0.862. The number of halogens is 1. The zero-order valence-corrected chi connectivity index (χ0v) is 8.08. The maximum atomic E-state index is 10.6. The lowest BCUT2D eigenvalue weighted by molar-refractivity contribution is 0.0690. The average molecular weight is 213 g/mol. The summed E-state index contributed by atoms with van der Waals surface area (Å²) in [6, 6.07) is 1.94. The number of hydrogen-bond donors (Lipinski definition) is 2. The van der Waals surface area contributed by atoms with Crippen LogP contribution in [-0.4, -0.2) is 22.6 Å². The second-order valence-corrected chi connectivity index (χ2v) is 3.61. The third kappa shape index (κ3) is 1.58. The van der Waals surface area contributed by atoms with E-state index in [0.29, 0.717) is 0 Å². The summed E-state index contributed by atoms with van der Waals surface area (Å²) in [5, 5.41) is 12.1. The summed E-state index contributed by atoms with van der Waals surface area (Å²) in [6.45, 7) is 0.989. The summed E-state index contributed by atoms with van der Waals surface area (Å²) >= 11 is 5.78. The quantitative estimate of drug-likeness (QED) is 0.779. The monoisotopic (exact) mass is 212 g/mol. The van der Waals surface area contributed by atoms with Gasteiger partial charge in [-0.2, -0.15) is 0 Å². The van der Waals surface area contributed by atoms with Crippen LogP contribution in [0.2, 0.25) is 5.02 Å². The van der Waals surface area contributed by atoms with Crippen molar-refractivity contribution in [2.75, 3.05) is 6.54 Å². The van der Waals surface area contributed by atoms with E-state index in [-0.39, 0.29) is 16.8 Å². The van der Waals surface area contributed by atoms with Gasteiger partial charge in [-0.1, -0.05) is 11.6 Å². The van der Waals surface area contributed by atoms with Gasteiger partial charge in [-0.15, -0.1) is 0 Å². The van der Waals surface area contributed by atoms with Gasteiger partial charge >= 0.3 is 5.97 Å². The van der Waals surface area contributed by atoms with Crippen LogP contribution in [0.5, 0.6) is 0 Å². The van der Waals surface area contributed by atoms with Crippen molar-refractivity contribution in [3.05, 3.63) is 28.5 Å². The molecule has 0 aromatic carbocycles. The van der Waals surface area contributed by atoms with E-state index >= 15 is 0 Å². The molecule has 1 aromatic rings. The average Bonchev–Trinajstić information content (AvgIpc) is 2.00. The highest BCUT2D eigenvalue weighted by molar-refractivity contribution is 6.33. The van der Waals surface area contributed by atoms with Gasteiger partial charge in [-0.25, -0.2) is 9.78 Å². The molecule has 0 unspecified atom stereocenters. The Balaban J connectivity index is 2.30. The largest absolute Gasteiger partial charge is 0.476 e. The number of hydrogen-bond acceptors (Lipinski definition) is 3. The molecule has 1 aliphatic rings. The molecule has 2 N–H and O–H groups in total. The van der Waals surface area contributed by atoms with Crippen LogP contribution in [0.25, 0.3) is 0 Å². The molecule has 1 aromatic heterocycles. The fraction of sp³-hybridized carbons (Fsp3) is 0.333. The van der Waals surface area contributed by atoms with E-state index in [2.05, 4.69) is 10.3 Å². The first-order valence-corrected chi connectivity index (χ1v) is 4.68. The zero-order valence-electron chi connectivity index (χ0n) is 7.33. The number of aromatic carboxylic acids is 1. The van der Waals surface area contributed by atoms with Gasteiger partial charge in [0.05, 0.1) is 5.02 Å². The first kappa shape index (κ1) is 9.43. The lowest BCUT2D eigenvalue weighted by atomic mass is 9.99. The van der Waals surface area contributed by atoms with Gasteiger partial charge in [-0.05, 0) is 24.6 Å². The van der Waals surface area contributed by atoms with E-state index in [1.807, 2.05) is 0 Å². The van der Waals surface area contributed by atoms with Crippen molar-refractivity contribution in [2.45, 2.75) is 12.5 Å². The van der Waals surface area contributed by atoms with E-state index in [4.69, 9.17) is 16.7 Å². The second-order valence-electron chi connectivity index (χ2n) is 3.20. The van der Waals surface area contributed by atoms with E-state index < -0.39 is 5.97 Å². The lowest BCUT2D eigenvalue weighted by Gasteiger charge is -2.27. The van der Waals surface area contributed by atoms with Crippen LogP contribution < -0.4 is 5.32 Å². The molecule has 1 atom stereocenters. The molecule has 14 heavy (non-hydrogen) atoms. The topological polar surface area (TPSA) is 62.2 Å². The summed E-state index contributed by atoms with van der Waals surface area (Å²) in [4.78, 5) is 14.4. The molecule has 74 valence electrons. The molecule has 0 aliphatic carbocycles. The molecule has 0 spiro atoms. The van der Waals surface area contributed by atoms with E-state index in [1.165, 1.54) is 0 Å². The van der Waals surface area contributed by atoms with Crippen molar-refractivity contribution in [3.8, 4) is 0 Å². The van der Waals surface area contributed by atoms with Crippen LogP contribution in [-0.2, 0) is 0 Å². The molecule has 0 amide bonds. The molecule has 1 saturated heterocycles. The SMILES string of the molecule is O=C(O)c1ncc([C@H]2CCN2)cc1Cl. The third-order valence-corrected chi connectivity index (χ3v) is 2.58. The summed E-state index contributed by atoms with van der Waals surface area (Å²) < 4.78 is 0. The van der Waals surface area contributed by atoms with Gasteiger partial charge in [0.25, 0.3) is 0 Å². The summed E-state index contributed by atoms with van der Waals surface area (Å²) in [5.74, 6) is -1.09. The first-order valence-electron chi connectivity index (χ1n) is 4.30. The van der Waals surface area contributed by atoms with E-state index in [1.54, 1.807) is 12.3 Å². The Bertz CT molecular complexity index is 377. The minimum Gasteiger partial charge on any atom is -0.476 e. The van der Waals surface area contributed by atoms with E-state index in [9.17, 15) is 4.79 Å². The van der Waals surface area contributed by atoms with Crippen molar-refractivity contribution in [2.24, 2.45) is 0 Å². The van der Waals surface area contributed by atoms with Crippen LogP contribution in [0, 0.1) is 0 Å². The summed E-state index contributed by atoms with van der Waals surface area (Å²) in [6.07, 6.45) is 2.61. The van der Waals surface area contributed by atoms with Crippen molar-refractivity contribution in [1.29, 1.82) is 0 Å². The highest BCUT2D eigenvalue weighted by atomic mass is 35.5. The third-order valence-electron chi connectivity index (χ3n) is 2.29. The number of carboxylic acid groups (broad SMARTS) is 1. The van der Waals surface area contributed by atoms with Crippen molar-refractivity contribution >= 4 is 17.6 Å². The molecule has 4 nitrogen and oxygen atoms in total. The van der Waals surface area contributed by atoms with Gasteiger partial charge in [0.1, 0.15) is 0 Å². The molecular formula is C9H9ClN2O2. The van der Waals surface area contributed by atoms with Crippen LogP contribution in [0.1, 0.15) is 28.5 Å². The standard InChI is InChI=1S/C9H9ClN2O2/c10-6-3-5(7-1-2-11-7)4-12-8(6)9(13)14/h3-4,7,11H,1-2H2,(H,13,14)/t7-/m1/s1. The Morgan fingerprint density at radius 2 is 2.43 bits per heavy atom. The molecule has 2 heterocycles. The maximum Gasteiger partial charge on any atom is 0.356 e. The molecular weight excluding hydrogens is 204 g/mol. The second kappa shape index (κ2) is 3.55. The number of carbonyl (C=O) groups is 1. The number of nitrogens with one attached hydrogen (secondary N) is 1. The number of aromatic nitrogens is 1. The van der Waals surface area contributed by atoms with Gasteiger partial charge in [0.2, 0.25) is 0 Å². The number of nitrogens with zero attached hydrogens (tertiary/aromatic N) is 1. The fourth-order valence-corrected chi connectivity index (χ4v) is 1.63. The van der Waals surface area contributed by atoms with Crippen LogP contribution in [0.15, 0.2) is 12.3 Å². The van der Waals surface area contributed by atoms with Gasteiger partial charge in [-0.3, -0.25) is 0 Å². The molecule has 0 bridgehead atoms. The van der Waals surface area contributed by atoms with Crippen LogP contribution >= 0.6 is 11.6 Å². The predicted molar refractivity (Wildman–Crippen MR) is 51.6 cm³/mol. The number of carboxylic acids is 1. The van der Waals surface area contributed by atoms with Crippen molar-refractivity contribution < 1.29 is 9.90 Å². The van der Waals surface area contributed by atoms with Crippen molar-refractivity contribution in [1.82, 2.24) is 10.3 Å².